The molecule has 2 rings (SSSR count). The van der Waals surface area contributed by atoms with Gasteiger partial charge in [0.1, 0.15) is 0 Å². The van der Waals surface area contributed by atoms with Crippen LogP contribution in [0.4, 0.5) is 5.69 Å². The van der Waals surface area contributed by atoms with Gasteiger partial charge in [0.15, 0.2) is 9.84 Å². The Hall–Kier alpha value is -1.56. The first kappa shape index (κ1) is 17.8. The van der Waals surface area contributed by atoms with Crippen molar-refractivity contribution < 1.29 is 13.2 Å². The molecule has 1 amide bonds. The summed E-state index contributed by atoms with van der Waals surface area (Å²) in [7, 11) is 2.41. The predicted octanol–water partition coefficient (Wildman–Crippen LogP) is 2.18. The van der Waals surface area contributed by atoms with Crippen LogP contribution in [0.5, 0.6) is 0 Å². The van der Waals surface area contributed by atoms with Crippen LogP contribution in [0.2, 0.25) is 0 Å². The summed E-state index contributed by atoms with van der Waals surface area (Å²) >= 11 is 0. The number of rotatable bonds is 4. The highest BCUT2D eigenvalue weighted by Crippen LogP contribution is 2.28. The number of amides is 1. The number of nitrogens with zero attached hydrogens (tertiary/aromatic N) is 2. The normalized spacial score (nSPS) is 21.7. The van der Waals surface area contributed by atoms with Crippen LogP contribution < -0.4 is 4.90 Å². The van der Waals surface area contributed by atoms with Crippen molar-refractivity contribution in [2.24, 2.45) is 0 Å². The maximum atomic E-state index is 12.8. The van der Waals surface area contributed by atoms with Gasteiger partial charge in [0, 0.05) is 44.7 Å². The fourth-order valence-corrected chi connectivity index (χ4v) is 4.78. The van der Waals surface area contributed by atoms with Gasteiger partial charge in [-0.25, -0.2) is 8.42 Å². The molecule has 0 N–H and O–H groups in total. The Bertz CT molecular complexity index is 670. The maximum absolute atomic E-state index is 12.8. The average molecular weight is 338 g/mol. The van der Waals surface area contributed by atoms with Gasteiger partial charge in [-0.15, -0.1) is 0 Å². The standard InChI is InChI=1S/C17H26N2O3S/c1-18(2)14-9-7-8-13(12-14)17(20)19(3)15-10-5-6-11-16(15)23(4,21)22/h7-9,12,15-16H,5-6,10-11H2,1-4H3/t15-,16-/m0/s1. The van der Waals surface area contributed by atoms with E-state index in [4.69, 9.17) is 0 Å². The van der Waals surface area contributed by atoms with E-state index in [1.165, 1.54) is 6.26 Å². The van der Waals surface area contributed by atoms with E-state index in [-0.39, 0.29) is 11.9 Å². The quantitative estimate of drug-likeness (QED) is 0.844. The molecule has 23 heavy (non-hydrogen) atoms. The van der Waals surface area contributed by atoms with Gasteiger partial charge in [-0.2, -0.15) is 0 Å². The van der Waals surface area contributed by atoms with E-state index in [0.717, 1.165) is 24.9 Å². The molecule has 0 unspecified atom stereocenters. The number of sulfone groups is 1. The molecule has 0 aromatic heterocycles. The summed E-state index contributed by atoms with van der Waals surface area (Å²) in [5.74, 6) is -0.116. The molecule has 0 heterocycles. The van der Waals surface area contributed by atoms with Crippen molar-refractivity contribution in [2.45, 2.75) is 37.0 Å². The third-order valence-electron chi connectivity index (χ3n) is 4.64. The first-order valence-electron chi connectivity index (χ1n) is 7.95. The van der Waals surface area contributed by atoms with Crippen LogP contribution in [0.15, 0.2) is 24.3 Å². The Morgan fingerprint density at radius 1 is 1.13 bits per heavy atom. The highest BCUT2D eigenvalue weighted by atomic mass is 32.2. The minimum Gasteiger partial charge on any atom is -0.378 e. The van der Waals surface area contributed by atoms with Gasteiger partial charge in [0.2, 0.25) is 0 Å². The topological polar surface area (TPSA) is 57.7 Å². The number of carbonyl (C=O) groups is 1. The van der Waals surface area contributed by atoms with Crippen LogP contribution in [0.25, 0.3) is 0 Å². The van der Waals surface area contributed by atoms with E-state index < -0.39 is 15.1 Å². The molecule has 1 fully saturated rings. The van der Waals surface area contributed by atoms with Crippen molar-refractivity contribution in [1.29, 1.82) is 0 Å². The number of anilines is 1. The summed E-state index contributed by atoms with van der Waals surface area (Å²) in [5.41, 5.74) is 1.55. The second kappa shape index (κ2) is 6.91. The molecular weight excluding hydrogens is 312 g/mol. The van der Waals surface area contributed by atoms with Gasteiger partial charge in [0.05, 0.1) is 5.25 Å². The molecule has 0 spiro atoms. The number of benzene rings is 1. The molecule has 1 aliphatic carbocycles. The molecular formula is C17H26N2O3S. The van der Waals surface area contributed by atoms with E-state index in [1.54, 1.807) is 18.0 Å². The van der Waals surface area contributed by atoms with Gasteiger partial charge >= 0.3 is 0 Å². The zero-order valence-electron chi connectivity index (χ0n) is 14.3. The highest BCUT2D eigenvalue weighted by Gasteiger charge is 2.37. The van der Waals surface area contributed by atoms with Crippen molar-refractivity contribution in [3.05, 3.63) is 29.8 Å². The third kappa shape index (κ3) is 4.05. The number of hydrogen-bond donors (Lipinski definition) is 0. The Morgan fingerprint density at radius 3 is 2.39 bits per heavy atom. The Morgan fingerprint density at radius 2 is 1.78 bits per heavy atom. The van der Waals surface area contributed by atoms with E-state index in [9.17, 15) is 13.2 Å². The smallest absolute Gasteiger partial charge is 0.253 e. The molecule has 2 atom stereocenters. The Labute approximate surface area is 139 Å². The molecule has 6 heteroatoms. The predicted molar refractivity (Wildman–Crippen MR) is 93.8 cm³/mol. The van der Waals surface area contributed by atoms with Gasteiger partial charge in [-0.05, 0) is 31.0 Å². The van der Waals surface area contributed by atoms with E-state index in [2.05, 4.69) is 0 Å². The molecule has 1 aromatic carbocycles. The van der Waals surface area contributed by atoms with Crippen molar-refractivity contribution in [2.75, 3.05) is 32.3 Å². The van der Waals surface area contributed by atoms with E-state index in [1.807, 2.05) is 37.2 Å². The summed E-state index contributed by atoms with van der Waals surface area (Å²) < 4.78 is 24.1. The maximum Gasteiger partial charge on any atom is 0.253 e. The molecule has 0 aliphatic heterocycles. The summed E-state index contributed by atoms with van der Waals surface area (Å²) in [5, 5.41) is -0.456. The average Bonchev–Trinajstić information content (AvgIpc) is 2.52. The zero-order valence-corrected chi connectivity index (χ0v) is 15.1. The summed E-state index contributed by atoms with van der Waals surface area (Å²) in [6.45, 7) is 0. The van der Waals surface area contributed by atoms with Crippen LogP contribution in [-0.2, 0) is 9.84 Å². The van der Waals surface area contributed by atoms with Crippen LogP contribution in [0, 0.1) is 0 Å². The lowest BCUT2D eigenvalue weighted by atomic mass is 9.93. The van der Waals surface area contributed by atoms with Gasteiger partial charge in [-0.1, -0.05) is 18.9 Å². The second-order valence-corrected chi connectivity index (χ2v) is 8.85. The molecule has 1 aromatic rings. The van der Waals surface area contributed by atoms with Crippen LogP contribution >= 0.6 is 0 Å². The molecule has 5 nitrogen and oxygen atoms in total. The van der Waals surface area contributed by atoms with E-state index in [0.29, 0.717) is 12.0 Å². The van der Waals surface area contributed by atoms with Crippen molar-refractivity contribution in [3.8, 4) is 0 Å². The van der Waals surface area contributed by atoms with Crippen LogP contribution in [0.1, 0.15) is 36.0 Å². The van der Waals surface area contributed by atoms with E-state index >= 15 is 0 Å². The monoisotopic (exact) mass is 338 g/mol. The molecule has 0 radical (unpaired) electrons. The lowest BCUT2D eigenvalue weighted by Crippen LogP contribution is -2.49. The molecule has 128 valence electrons. The van der Waals surface area contributed by atoms with Gasteiger partial charge < -0.3 is 9.80 Å². The number of hydrogen-bond acceptors (Lipinski definition) is 4. The zero-order chi connectivity index (χ0) is 17.2. The minimum atomic E-state index is -3.16. The number of carbonyl (C=O) groups excluding carboxylic acids is 1. The largest absolute Gasteiger partial charge is 0.378 e. The molecule has 0 saturated heterocycles. The van der Waals surface area contributed by atoms with Gasteiger partial charge in [-0.3, -0.25) is 4.79 Å². The molecule has 0 bridgehead atoms. The highest BCUT2D eigenvalue weighted by molar-refractivity contribution is 7.91. The SMILES string of the molecule is CN(C)c1cccc(C(=O)N(C)[C@H]2CCCC[C@@H]2S(C)(=O)=O)c1. The Balaban J connectivity index is 2.26. The fourth-order valence-electron chi connectivity index (χ4n) is 3.29. The fraction of sp³-hybridized carbons (Fsp3) is 0.588. The first-order valence-corrected chi connectivity index (χ1v) is 9.90. The van der Waals surface area contributed by atoms with Crippen molar-refractivity contribution in [1.82, 2.24) is 4.90 Å². The van der Waals surface area contributed by atoms with Crippen molar-refractivity contribution >= 4 is 21.4 Å². The molecule has 1 aliphatic rings. The first-order chi connectivity index (χ1) is 10.7. The lowest BCUT2D eigenvalue weighted by Gasteiger charge is -2.37. The van der Waals surface area contributed by atoms with Crippen molar-refractivity contribution in [3.63, 3.8) is 0 Å². The van der Waals surface area contributed by atoms with Gasteiger partial charge in [0.25, 0.3) is 5.91 Å². The van der Waals surface area contributed by atoms with Crippen LogP contribution in [-0.4, -0.2) is 57.9 Å². The third-order valence-corrected chi connectivity index (χ3v) is 6.29. The summed E-state index contributed by atoms with van der Waals surface area (Å²) in [6, 6.07) is 7.18. The molecule has 1 saturated carbocycles. The summed E-state index contributed by atoms with van der Waals surface area (Å²) in [6.07, 6.45) is 4.53. The summed E-state index contributed by atoms with van der Waals surface area (Å²) in [4.78, 5) is 16.4. The second-order valence-electron chi connectivity index (χ2n) is 6.58. The minimum absolute atomic E-state index is 0.116. The lowest BCUT2D eigenvalue weighted by molar-refractivity contribution is 0.0700. The Kier molecular flexibility index (Phi) is 5.34. The van der Waals surface area contributed by atoms with Crippen LogP contribution in [0.3, 0.4) is 0 Å².